The number of carbonyl (C=O) groups is 1. The van der Waals surface area contributed by atoms with Crippen molar-refractivity contribution in [1.82, 2.24) is 10.2 Å². The number of aromatic nitrogens is 2. The van der Waals surface area contributed by atoms with E-state index in [1.54, 1.807) is 0 Å². The van der Waals surface area contributed by atoms with Crippen LogP contribution < -0.4 is 4.90 Å². The summed E-state index contributed by atoms with van der Waals surface area (Å²) in [6, 6.07) is 9.64. The number of fused-ring (bicyclic) bond motifs is 1. The lowest BCUT2D eigenvalue weighted by molar-refractivity contribution is 0.0697. The number of nitrogens with zero attached hydrogens (tertiary/aromatic N) is 3. The standard InChI is InChI=1S/C14H13N3O2/c1-9-8-10-4-2-3-5-12(10)17(9)13-11(14(18)19)6-7-15-16-13/h2-7,9H,8H2,1H3,(H,18,19). The van der Waals surface area contributed by atoms with Gasteiger partial charge in [-0.25, -0.2) is 4.79 Å². The van der Waals surface area contributed by atoms with Crippen LogP contribution in [0.15, 0.2) is 36.5 Å². The molecule has 2 heterocycles. The summed E-state index contributed by atoms with van der Waals surface area (Å²) >= 11 is 0. The Bertz CT molecular complexity index is 642. The summed E-state index contributed by atoms with van der Waals surface area (Å²) in [5.74, 6) is -0.575. The number of benzene rings is 1. The Hall–Kier alpha value is -2.43. The molecule has 0 amide bonds. The van der Waals surface area contributed by atoms with Crippen molar-refractivity contribution in [3.8, 4) is 0 Å². The van der Waals surface area contributed by atoms with Crippen LogP contribution >= 0.6 is 0 Å². The second-order valence-electron chi connectivity index (χ2n) is 4.63. The van der Waals surface area contributed by atoms with Gasteiger partial charge in [-0.15, -0.1) is 5.10 Å². The molecule has 0 saturated heterocycles. The lowest BCUT2D eigenvalue weighted by atomic mass is 10.1. The van der Waals surface area contributed by atoms with Gasteiger partial charge in [0.15, 0.2) is 5.82 Å². The number of para-hydroxylation sites is 1. The zero-order valence-electron chi connectivity index (χ0n) is 10.4. The molecule has 0 fully saturated rings. The Morgan fingerprint density at radius 3 is 2.95 bits per heavy atom. The van der Waals surface area contributed by atoms with Crippen LogP contribution in [0.3, 0.4) is 0 Å². The summed E-state index contributed by atoms with van der Waals surface area (Å²) in [7, 11) is 0. The van der Waals surface area contributed by atoms with Crippen molar-refractivity contribution < 1.29 is 9.90 Å². The quantitative estimate of drug-likeness (QED) is 0.891. The first-order chi connectivity index (χ1) is 9.18. The van der Waals surface area contributed by atoms with Crippen molar-refractivity contribution in [3.63, 3.8) is 0 Å². The van der Waals surface area contributed by atoms with Gasteiger partial charge in [0.25, 0.3) is 0 Å². The Morgan fingerprint density at radius 2 is 2.16 bits per heavy atom. The summed E-state index contributed by atoms with van der Waals surface area (Å²) in [4.78, 5) is 13.3. The molecule has 19 heavy (non-hydrogen) atoms. The molecule has 0 spiro atoms. The van der Waals surface area contributed by atoms with E-state index in [1.807, 2.05) is 23.1 Å². The summed E-state index contributed by atoms with van der Waals surface area (Å²) in [5.41, 5.74) is 2.40. The highest BCUT2D eigenvalue weighted by Crippen LogP contribution is 2.38. The lowest BCUT2D eigenvalue weighted by Gasteiger charge is -2.24. The summed E-state index contributed by atoms with van der Waals surface area (Å²) in [6.45, 7) is 2.06. The Morgan fingerprint density at radius 1 is 1.37 bits per heavy atom. The van der Waals surface area contributed by atoms with Crippen LogP contribution in [0.25, 0.3) is 0 Å². The molecule has 1 N–H and O–H groups in total. The SMILES string of the molecule is CC1Cc2ccccc2N1c1nnccc1C(=O)O. The van der Waals surface area contributed by atoms with Gasteiger partial charge in [0.1, 0.15) is 5.56 Å². The molecule has 1 aromatic carbocycles. The second kappa shape index (κ2) is 4.35. The minimum absolute atomic E-state index is 0.173. The third-order valence-corrected chi connectivity index (χ3v) is 3.37. The van der Waals surface area contributed by atoms with E-state index in [0.29, 0.717) is 5.82 Å². The highest BCUT2D eigenvalue weighted by molar-refractivity contribution is 5.94. The molecule has 3 rings (SSSR count). The van der Waals surface area contributed by atoms with E-state index < -0.39 is 5.97 Å². The zero-order valence-corrected chi connectivity index (χ0v) is 10.4. The van der Waals surface area contributed by atoms with E-state index >= 15 is 0 Å². The highest BCUT2D eigenvalue weighted by atomic mass is 16.4. The van der Waals surface area contributed by atoms with Crippen LogP contribution in [0.1, 0.15) is 22.8 Å². The zero-order chi connectivity index (χ0) is 13.4. The van der Waals surface area contributed by atoms with Gasteiger partial charge in [-0.05, 0) is 31.0 Å². The van der Waals surface area contributed by atoms with Gasteiger partial charge in [0.2, 0.25) is 0 Å². The second-order valence-corrected chi connectivity index (χ2v) is 4.63. The van der Waals surface area contributed by atoms with Gasteiger partial charge in [0.05, 0.1) is 6.20 Å². The van der Waals surface area contributed by atoms with Gasteiger partial charge in [-0.3, -0.25) is 0 Å². The minimum Gasteiger partial charge on any atom is -0.478 e. The van der Waals surface area contributed by atoms with Gasteiger partial charge in [0, 0.05) is 11.7 Å². The van der Waals surface area contributed by atoms with Crippen LogP contribution in [-0.4, -0.2) is 27.3 Å². The molecular weight excluding hydrogens is 242 g/mol. The van der Waals surface area contributed by atoms with Crippen LogP contribution in [0.2, 0.25) is 0 Å². The average Bonchev–Trinajstić information content (AvgIpc) is 2.74. The first kappa shape index (κ1) is 11.6. The van der Waals surface area contributed by atoms with E-state index in [0.717, 1.165) is 12.1 Å². The van der Waals surface area contributed by atoms with E-state index in [9.17, 15) is 9.90 Å². The Kier molecular flexibility index (Phi) is 2.67. The number of aromatic carboxylic acids is 1. The van der Waals surface area contributed by atoms with Crippen molar-refractivity contribution >= 4 is 17.5 Å². The highest BCUT2D eigenvalue weighted by Gasteiger charge is 2.30. The van der Waals surface area contributed by atoms with E-state index in [2.05, 4.69) is 23.2 Å². The lowest BCUT2D eigenvalue weighted by Crippen LogP contribution is -2.27. The van der Waals surface area contributed by atoms with Gasteiger partial charge < -0.3 is 10.0 Å². The topological polar surface area (TPSA) is 66.3 Å². The fourth-order valence-corrected chi connectivity index (χ4v) is 2.56. The molecule has 1 unspecified atom stereocenters. The Balaban J connectivity index is 2.15. The average molecular weight is 255 g/mol. The maximum atomic E-state index is 11.3. The third-order valence-electron chi connectivity index (χ3n) is 3.37. The molecule has 1 aliphatic rings. The molecule has 1 atom stereocenters. The predicted octanol–water partition coefficient (Wildman–Crippen LogP) is 2.26. The van der Waals surface area contributed by atoms with Crippen molar-refractivity contribution in [2.24, 2.45) is 0 Å². The number of hydrogen-bond donors (Lipinski definition) is 1. The molecule has 1 aromatic heterocycles. The predicted molar refractivity (Wildman–Crippen MR) is 70.7 cm³/mol. The van der Waals surface area contributed by atoms with Crippen LogP contribution in [0.5, 0.6) is 0 Å². The molecule has 0 saturated carbocycles. The van der Waals surface area contributed by atoms with E-state index in [4.69, 9.17) is 0 Å². The smallest absolute Gasteiger partial charge is 0.339 e. The molecule has 1 aliphatic heterocycles. The number of anilines is 2. The van der Waals surface area contributed by atoms with Crippen molar-refractivity contribution in [2.75, 3.05) is 4.90 Å². The van der Waals surface area contributed by atoms with Crippen molar-refractivity contribution in [1.29, 1.82) is 0 Å². The largest absolute Gasteiger partial charge is 0.478 e. The molecule has 0 radical (unpaired) electrons. The molecule has 5 nitrogen and oxygen atoms in total. The normalized spacial score (nSPS) is 17.3. The third kappa shape index (κ3) is 1.83. The van der Waals surface area contributed by atoms with Gasteiger partial charge >= 0.3 is 5.97 Å². The van der Waals surface area contributed by atoms with Crippen molar-refractivity contribution in [2.45, 2.75) is 19.4 Å². The summed E-state index contributed by atoms with van der Waals surface area (Å²) in [6.07, 6.45) is 2.28. The fraction of sp³-hybridized carbons (Fsp3) is 0.214. The number of carboxylic acids is 1. The molecule has 2 aromatic rings. The molecule has 96 valence electrons. The molecule has 0 bridgehead atoms. The monoisotopic (exact) mass is 255 g/mol. The fourth-order valence-electron chi connectivity index (χ4n) is 2.56. The maximum absolute atomic E-state index is 11.3. The van der Waals surface area contributed by atoms with E-state index in [-0.39, 0.29) is 11.6 Å². The van der Waals surface area contributed by atoms with Gasteiger partial charge in [-0.2, -0.15) is 5.10 Å². The maximum Gasteiger partial charge on any atom is 0.339 e. The molecular formula is C14H13N3O2. The van der Waals surface area contributed by atoms with Crippen molar-refractivity contribution in [3.05, 3.63) is 47.7 Å². The number of rotatable bonds is 2. The Labute approximate surface area is 110 Å². The first-order valence-corrected chi connectivity index (χ1v) is 6.10. The summed E-state index contributed by atoms with van der Waals surface area (Å²) < 4.78 is 0. The van der Waals surface area contributed by atoms with Crippen LogP contribution in [-0.2, 0) is 6.42 Å². The van der Waals surface area contributed by atoms with E-state index in [1.165, 1.54) is 17.8 Å². The minimum atomic E-state index is -0.985. The number of carboxylic acid groups (broad SMARTS) is 1. The first-order valence-electron chi connectivity index (χ1n) is 6.10. The van der Waals surface area contributed by atoms with Crippen LogP contribution in [0, 0.1) is 0 Å². The molecule has 5 heteroatoms. The van der Waals surface area contributed by atoms with Gasteiger partial charge in [-0.1, -0.05) is 18.2 Å². The number of hydrogen-bond acceptors (Lipinski definition) is 4. The summed E-state index contributed by atoms with van der Waals surface area (Å²) in [5, 5.41) is 17.1. The van der Waals surface area contributed by atoms with Crippen LogP contribution in [0.4, 0.5) is 11.5 Å². The molecule has 0 aliphatic carbocycles.